The number of aromatic nitrogens is 2. The minimum atomic E-state index is -3.36. The van der Waals surface area contributed by atoms with Gasteiger partial charge in [-0.15, -0.1) is 0 Å². The first-order valence-corrected chi connectivity index (χ1v) is 7.52. The predicted octanol–water partition coefficient (Wildman–Crippen LogP) is 0.903. The van der Waals surface area contributed by atoms with Crippen molar-refractivity contribution in [2.75, 3.05) is 18.8 Å². The number of hydrogen-bond donors (Lipinski definition) is 1. The number of nitrogens with zero attached hydrogens (tertiary/aromatic N) is 2. The van der Waals surface area contributed by atoms with Crippen LogP contribution in [0, 0.1) is 5.92 Å². The van der Waals surface area contributed by atoms with Crippen molar-refractivity contribution in [1.82, 2.24) is 15.3 Å². The highest BCUT2D eigenvalue weighted by atomic mass is 35.5. The van der Waals surface area contributed by atoms with Crippen molar-refractivity contribution in [3.8, 4) is 0 Å². The van der Waals surface area contributed by atoms with Crippen molar-refractivity contribution >= 4 is 21.4 Å². The van der Waals surface area contributed by atoms with Crippen LogP contribution in [0.1, 0.15) is 12.8 Å². The molecule has 0 aliphatic carbocycles. The molecule has 7 heteroatoms. The van der Waals surface area contributed by atoms with Gasteiger partial charge >= 0.3 is 0 Å². The van der Waals surface area contributed by atoms with Crippen LogP contribution in [-0.4, -0.2) is 37.2 Å². The van der Waals surface area contributed by atoms with Crippen molar-refractivity contribution in [3.05, 3.63) is 17.5 Å². The molecule has 94 valence electrons. The molecule has 17 heavy (non-hydrogen) atoms. The molecule has 0 radical (unpaired) electrons. The van der Waals surface area contributed by atoms with E-state index in [0.29, 0.717) is 0 Å². The Morgan fingerprint density at radius 2 is 2.29 bits per heavy atom. The standard InChI is InChI=1S/C10H14ClN3O2S/c11-9-4-10(14-7-13-9)17(15,16)6-8-2-1-3-12-5-8/h4,7-8,12H,1-3,5-6H2/t8-/m1/s1. The van der Waals surface area contributed by atoms with Crippen LogP contribution in [0.2, 0.25) is 5.15 Å². The van der Waals surface area contributed by atoms with E-state index in [9.17, 15) is 8.42 Å². The summed E-state index contributed by atoms with van der Waals surface area (Å²) in [6, 6.07) is 1.30. The van der Waals surface area contributed by atoms with Gasteiger partial charge in [-0.05, 0) is 31.8 Å². The highest BCUT2D eigenvalue weighted by Gasteiger charge is 2.24. The molecule has 2 heterocycles. The second-order valence-corrected chi connectivity index (χ2v) is 6.54. The summed E-state index contributed by atoms with van der Waals surface area (Å²) in [5, 5.41) is 3.37. The summed E-state index contributed by atoms with van der Waals surface area (Å²) in [5.74, 6) is 0.273. The molecular formula is C10H14ClN3O2S. The minimum Gasteiger partial charge on any atom is -0.316 e. The Kier molecular flexibility index (Phi) is 3.96. The van der Waals surface area contributed by atoms with Crippen LogP contribution in [0.4, 0.5) is 0 Å². The quantitative estimate of drug-likeness (QED) is 0.830. The second-order valence-electron chi connectivity index (χ2n) is 4.17. The van der Waals surface area contributed by atoms with E-state index in [-0.39, 0.29) is 21.8 Å². The van der Waals surface area contributed by atoms with Crippen LogP contribution in [0.5, 0.6) is 0 Å². The molecule has 0 bridgehead atoms. The molecule has 1 fully saturated rings. The summed E-state index contributed by atoms with van der Waals surface area (Å²) in [4.78, 5) is 7.45. The normalized spacial score (nSPS) is 21.4. The first-order valence-electron chi connectivity index (χ1n) is 5.49. The van der Waals surface area contributed by atoms with Crippen LogP contribution in [-0.2, 0) is 9.84 Å². The molecule has 1 aromatic rings. The zero-order valence-electron chi connectivity index (χ0n) is 9.26. The molecular weight excluding hydrogens is 262 g/mol. The lowest BCUT2D eigenvalue weighted by Crippen LogP contribution is -2.34. The molecule has 1 saturated heterocycles. The number of sulfone groups is 1. The summed E-state index contributed by atoms with van der Waals surface area (Å²) in [6.45, 7) is 1.72. The van der Waals surface area contributed by atoms with Gasteiger partial charge in [0.1, 0.15) is 11.5 Å². The molecule has 0 saturated carbocycles. The molecule has 5 nitrogen and oxygen atoms in total. The van der Waals surface area contributed by atoms with E-state index in [1.807, 2.05) is 0 Å². The summed E-state index contributed by atoms with van der Waals surface area (Å²) >= 11 is 5.67. The van der Waals surface area contributed by atoms with E-state index in [2.05, 4.69) is 15.3 Å². The van der Waals surface area contributed by atoms with Crippen LogP contribution >= 0.6 is 11.6 Å². The highest BCUT2D eigenvalue weighted by molar-refractivity contribution is 7.91. The van der Waals surface area contributed by atoms with E-state index in [1.54, 1.807) is 0 Å². The zero-order valence-corrected chi connectivity index (χ0v) is 10.8. The third kappa shape index (κ3) is 3.37. The number of halogens is 1. The van der Waals surface area contributed by atoms with Gasteiger partial charge in [-0.25, -0.2) is 18.4 Å². The molecule has 1 atom stereocenters. The lowest BCUT2D eigenvalue weighted by atomic mass is 10.0. The van der Waals surface area contributed by atoms with E-state index < -0.39 is 9.84 Å². The lowest BCUT2D eigenvalue weighted by Gasteiger charge is -2.22. The average molecular weight is 276 g/mol. The zero-order chi connectivity index (χ0) is 12.3. The molecule has 1 N–H and O–H groups in total. The van der Waals surface area contributed by atoms with Gasteiger partial charge in [-0.3, -0.25) is 0 Å². The van der Waals surface area contributed by atoms with Gasteiger partial charge in [0.2, 0.25) is 0 Å². The molecule has 0 unspecified atom stereocenters. The van der Waals surface area contributed by atoms with E-state index in [0.717, 1.165) is 25.9 Å². The van der Waals surface area contributed by atoms with E-state index in [1.165, 1.54) is 12.4 Å². The van der Waals surface area contributed by atoms with Gasteiger partial charge in [0, 0.05) is 6.07 Å². The smallest absolute Gasteiger partial charge is 0.196 e. The third-order valence-corrected chi connectivity index (χ3v) is 4.76. The van der Waals surface area contributed by atoms with E-state index in [4.69, 9.17) is 11.6 Å². The van der Waals surface area contributed by atoms with Gasteiger partial charge in [-0.2, -0.15) is 0 Å². The second kappa shape index (κ2) is 5.29. The number of nitrogens with one attached hydrogen (secondary N) is 1. The molecule has 1 aliphatic rings. The first kappa shape index (κ1) is 12.7. The van der Waals surface area contributed by atoms with Crippen LogP contribution in [0.15, 0.2) is 17.4 Å². The van der Waals surface area contributed by atoms with Gasteiger partial charge in [-0.1, -0.05) is 11.6 Å². The topological polar surface area (TPSA) is 72.0 Å². The summed E-state index contributed by atoms with van der Waals surface area (Å²) < 4.78 is 24.2. The Morgan fingerprint density at radius 1 is 1.47 bits per heavy atom. The Hall–Kier alpha value is -0.720. The van der Waals surface area contributed by atoms with Crippen molar-refractivity contribution in [2.24, 2.45) is 5.92 Å². The molecule has 0 aromatic carbocycles. The summed E-state index contributed by atoms with van der Waals surface area (Å²) in [6.07, 6.45) is 3.13. The Bertz CT molecular complexity index is 486. The largest absolute Gasteiger partial charge is 0.316 e. The molecule has 1 aromatic heterocycles. The Balaban J connectivity index is 2.13. The fourth-order valence-electron chi connectivity index (χ4n) is 1.95. The van der Waals surface area contributed by atoms with Gasteiger partial charge in [0.05, 0.1) is 5.75 Å². The van der Waals surface area contributed by atoms with Crippen molar-refractivity contribution in [2.45, 2.75) is 17.9 Å². The molecule has 0 spiro atoms. The monoisotopic (exact) mass is 275 g/mol. The van der Waals surface area contributed by atoms with Gasteiger partial charge in [0.15, 0.2) is 14.9 Å². The molecule has 0 amide bonds. The van der Waals surface area contributed by atoms with Crippen LogP contribution in [0.3, 0.4) is 0 Å². The van der Waals surface area contributed by atoms with Gasteiger partial charge < -0.3 is 5.32 Å². The fourth-order valence-corrected chi connectivity index (χ4v) is 3.74. The Morgan fingerprint density at radius 3 is 2.94 bits per heavy atom. The van der Waals surface area contributed by atoms with Crippen LogP contribution in [0.25, 0.3) is 0 Å². The van der Waals surface area contributed by atoms with Crippen molar-refractivity contribution in [1.29, 1.82) is 0 Å². The summed E-state index contributed by atoms with van der Waals surface area (Å²) in [5.41, 5.74) is 0. The minimum absolute atomic E-state index is 0.0167. The molecule has 1 aliphatic heterocycles. The maximum Gasteiger partial charge on any atom is 0.196 e. The maximum atomic E-state index is 12.1. The van der Waals surface area contributed by atoms with Gasteiger partial charge in [0.25, 0.3) is 0 Å². The van der Waals surface area contributed by atoms with E-state index >= 15 is 0 Å². The van der Waals surface area contributed by atoms with Crippen molar-refractivity contribution < 1.29 is 8.42 Å². The number of piperidine rings is 1. The third-order valence-electron chi connectivity index (χ3n) is 2.78. The number of hydrogen-bond acceptors (Lipinski definition) is 5. The first-order chi connectivity index (χ1) is 8.08. The van der Waals surface area contributed by atoms with Crippen molar-refractivity contribution in [3.63, 3.8) is 0 Å². The lowest BCUT2D eigenvalue weighted by molar-refractivity contribution is 0.403. The molecule has 2 rings (SSSR count). The highest BCUT2D eigenvalue weighted by Crippen LogP contribution is 2.18. The number of rotatable bonds is 3. The predicted molar refractivity (Wildman–Crippen MR) is 64.7 cm³/mol. The summed E-state index contributed by atoms with van der Waals surface area (Å²) in [7, 11) is -3.36. The maximum absolute atomic E-state index is 12.1. The average Bonchev–Trinajstić information content (AvgIpc) is 2.30. The Labute approximate surface area is 106 Å². The fraction of sp³-hybridized carbons (Fsp3) is 0.600. The van der Waals surface area contributed by atoms with Crippen LogP contribution < -0.4 is 5.32 Å². The SMILES string of the molecule is O=S(=O)(C[C@@H]1CCCNC1)c1cc(Cl)ncn1.